The molecular formula is C30H34ClFN2O. The number of aryl methyl sites for hydroxylation is 2. The zero-order valence-electron chi connectivity index (χ0n) is 20.8. The van der Waals surface area contributed by atoms with Crippen molar-refractivity contribution in [2.24, 2.45) is 5.92 Å². The SMILES string of the molecule is CCC(C)C1CCCc2nc(C3(NC(=O)c4ccc(F)cc4)CC3)ccc21.Cc1cccc(Cl)c1. The summed E-state index contributed by atoms with van der Waals surface area (Å²) in [6.07, 6.45) is 6.45. The van der Waals surface area contributed by atoms with E-state index < -0.39 is 0 Å². The van der Waals surface area contributed by atoms with Gasteiger partial charge in [0.1, 0.15) is 5.82 Å². The number of hydrogen-bond donors (Lipinski definition) is 1. The molecule has 1 amide bonds. The smallest absolute Gasteiger partial charge is 0.252 e. The van der Waals surface area contributed by atoms with Gasteiger partial charge in [0, 0.05) is 16.3 Å². The van der Waals surface area contributed by atoms with Crippen molar-refractivity contribution in [2.75, 3.05) is 0 Å². The number of nitrogens with one attached hydrogen (secondary N) is 1. The van der Waals surface area contributed by atoms with Crippen molar-refractivity contribution >= 4 is 17.5 Å². The van der Waals surface area contributed by atoms with E-state index in [-0.39, 0.29) is 17.3 Å². The third-order valence-electron chi connectivity index (χ3n) is 7.35. The van der Waals surface area contributed by atoms with E-state index in [9.17, 15) is 9.18 Å². The predicted molar refractivity (Wildman–Crippen MR) is 140 cm³/mol. The maximum atomic E-state index is 13.1. The molecule has 5 rings (SSSR count). The quantitative estimate of drug-likeness (QED) is 0.395. The van der Waals surface area contributed by atoms with Crippen LogP contribution in [0.15, 0.2) is 60.7 Å². The first-order valence-corrected chi connectivity index (χ1v) is 13.0. The minimum Gasteiger partial charge on any atom is -0.341 e. The van der Waals surface area contributed by atoms with E-state index in [1.165, 1.54) is 60.3 Å². The molecule has 2 unspecified atom stereocenters. The number of halogens is 2. The monoisotopic (exact) mass is 492 g/mol. The Bertz CT molecular complexity index is 1160. The van der Waals surface area contributed by atoms with Crippen LogP contribution in [0.2, 0.25) is 5.02 Å². The molecule has 2 aliphatic rings. The van der Waals surface area contributed by atoms with Gasteiger partial charge in [-0.15, -0.1) is 0 Å². The average Bonchev–Trinajstić information content (AvgIpc) is 3.64. The normalized spacial score (nSPS) is 18.5. The van der Waals surface area contributed by atoms with Gasteiger partial charge < -0.3 is 5.32 Å². The Hall–Kier alpha value is -2.72. The number of aromatic nitrogens is 1. The van der Waals surface area contributed by atoms with E-state index in [1.807, 2.05) is 31.2 Å². The molecule has 2 aliphatic carbocycles. The minimum atomic E-state index is -0.357. The molecule has 1 aromatic heterocycles. The molecule has 1 N–H and O–H groups in total. The van der Waals surface area contributed by atoms with Gasteiger partial charge >= 0.3 is 0 Å². The highest BCUT2D eigenvalue weighted by molar-refractivity contribution is 6.30. The summed E-state index contributed by atoms with van der Waals surface area (Å²) in [4.78, 5) is 17.6. The van der Waals surface area contributed by atoms with Gasteiger partial charge in [-0.25, -0.2) is 4.39 Å². The molecule has 1 saturated carbocycles. The molecule has 3 aromatic rings. The van der Waals surface area contributed by atoms with Crippen molar-refractivity contribution in [3.05, 3.63) is 99.6 Å². The predicted octanol–water partition coefficient (Wildman–Crippen LogP) is 7.75. The number of carbonyl (C=O) groups excluding carboxylic acids is 1. The second-order valence-electron chi connectivity index (χ2n) is 9.96. The number of hydrogen-bond acceptors (Lipinski definition) is 2. The van der Waals surface area contributed by atoms with Crippen LogP contribution in [0.1, 0.15) is 84.7 Å². The van der Waals surface area contributed by atoms with E-state index in [1.54, 1.807) is 0 Å². The second-order valence-corrected chi connectivity index (χ2v) is 10.4. The van der Waals surface area contributed by atoms with Crippen molar-refractivity contribution in [1.29, 1.82) is 0 Å². The van der Waals surface area contributed by atoms with Gasteiger partial charge in [0.15, 0.2) is 0 Å². The van der Waals surface area contributed by atoms with Gasteiger partial charge in [-0.2, -0.15) is 0 Å². The first-order valence-electron chi connectivity index (χ1n) is 12.6. The van der Waals surface area contributed by atoms with Crippen molar-refractivity contribution in [1.82, 2.24) is 10.3 Å². The lowest BCUT2D eigenvalue weighted by Gasteiger charge is -2.30. The maximum absolute atomic E-state index is 13.1. The number of benzene rings is 2. The molecule has 0 radical (unpaired) electrons. The Morgan fingerprint density at radius 2 is 1.91 bits per heavy atom. The number of carbonyl (C=O) groups is 1. The fourth-order valence-corrected chi connectivity index (χ4v) is 5.15. The van der Waals surface area contributed by atoms with Gasteiger partial charge in [-0.3, -0.25) is 9.78 Å². The van der Waals surface area contributed by atoms with Gasteiger partial charge in [0.05, 0.1) is 11.2 Å². The summed E-state index contributed by atoms with van der Waals surface area (Å²) in [7, 11) is 0. The van der Waals surface area contributed by atoms with Gasteiger partial charge in [0.25, 0.3) is 5.91 Å². The Morgan fingerprint density at radius 1 is 1.17 bits per heavy atom. The molecule has 1 fully saturated rings. The zero-order valence-corrected chi connectivity index (χ0v) is 21.5. The number of pyridine rings is 1. The second kappa shape index (κ2) is 10.9. The molecule has 3 nitrogen and oxygen atoms in total. The highest BCUT2D eigenvalue weighted by atomic mass is 35.5. The fraction of sp³-hybridized carbons (Fsp3) is 0.400. The highest BCUT2D eigenvalue weighted by Gasteiger charge is 2.47. The number of fused-ring (bicyclic) bond motifs is 1. The highest BCUT2D eigenvalue weighted by Crippen LogP contribution is 2.46. The maximum Gasteiger partial charge on any atom is 0.252 e. The molecule has 5 heteroatoms. The van der Waals surface area contributed by atoms with Crippen LogP contribution in [-0.4, -0.2) is 10.9 Å². The molecule has 1 heterocycles. The first kappa shape index (κ1) is 25.4. The molecule has 184 valence electrons. The Balaban J connectivity index is 0.000000308. The molecule has 0 spiro atoms. The average molecular weight is 493 g/mol. The summed E-state index contributed by atoms with van der Waals surface area (Å²) >= 11 is 5.64. The van der Waals surface area contributed by atoms with Crippen LogP contribution >= 0.6 is 11.6 Å². The molecule has 0 aliphatic heterocycles. The summed E-state index contributed by atoms with van der Waals surface area (Å²) in [5.74, 6) is 0.776. The number of nitrogens with zero attached hydrogens (tertiary/aromatic N) is 1. The summed E-state index contributed by atoms with van der Waals surface area (Å²) < 4.78 is 13.1. The Morgan fingerprint density at radius 3 is 2.51 bits per heavy atom. The Labute approximate surface area is 213 Å². The van der Waals surface area contributed by atoms with Crippen LogP contribution < -0.4 is 5.32 Å². The minimum absolute atomic E-state index is 0.162. The Kier molecular flexibility index (Phi) is 7.91. The van der Waals surface area contributed by atoms with Crippen LogP contribution in [-0.2, 0) is 12.0 Å². The van der Waals surface area contributed by atoms with Crippen molar-refractivity contribution in [3.63, 3.8) is 0 Å². The summed E-state index contributed by atoms with van der Waals surface area (Å²) in [6.45, 7) is 6.61. The van der Waals surface area contributed by atoms with Crippen molar-refractivity contribution < 1.29 is 9.18 Å². The lowest BCUT2D eigenvalue weighted by Crippen LogP contribution is -2.36. The lowest BCUT2D eigenvalue weighted by atomic mass is 9.77. The molecule has 0 saturated heterocycles. The molecular weight excluding hydrogens is 459 g/mol. The van der Waals surface area contributed by atoms with Crippen molar-refractivity contribution in [2.45, 2.75) is 70.8 Å². The van der Waals surface area contributed by atoms with Crippen LogP contribution in [0.5, 0.6) is 0 Å². The standard InChI is InChI=1S/C23H27FN2O.C7H7Cl/c1-3-15(2)18-5-4-6-20-19(18)11-12-21(25-20)23(13-14-23)26-22(27)16-7-9-17(24)10-8-16;1-6-3-2-4-7(8)5-6/h7-12,15,18H,3-6,13-14H2,1-2H3,(H,26,27);2-5H,1H3. The van der Waals surface area contributed by atoms with E-state index in [0.717, 1.165) is 30.0 Å². The largest absolute Gasteiger partial charge is 0.341 e. The zero-order chi connectivity index (χ0) is 25.0. The van der Waals surface area contributed by atoms with Crippen molar-refractivity contribution in [3.8, 4) is 0 Å². The van der Waals surface area contributed by atoms with Gasteiger partial charge in [-0.05, 0) is 104 Å². The third kappa shape index (κ3) is 6.10. The van der Waals surface area contributed by atoms with E-state index >= 15 is 0 Å². The van der Waals surface area contributed by atoms with Crippen LogP contribution in [0.3, 0.4) is 0 Å². The number of amides is 1. The molecule has 2 atom stereocenters. The summed E-state index contributed by atoms with van der Waals surface area (Å²) in [5.41, 5.74) is 4.92. The van der Waals surface area contributed by atoms with E-state index in [2.05, 4.69) is 31.3 Å². The molecule has 2 aromatic carbocycles. The van der Waals surface area contributed by atoms with Gasteiger partial charge in [-0.1, -0.05) is 50.1 Å². The van der Waals surface area contributed by atoms with Crippen LogP contribution in [0, 0.1) is 18.7 Å². The first-order chi connectivity index (χ1) is 16.8. The summed E-state index contributed by atoms with van der Waals surface area (Å²) in [5, 5.41) is 3.96. The van der Waals surface area contributed by atoms with Crippen LogP contribution in [0.25, 0.3) is 0 Å². The number of rotatable bonds is 5. The fourth-order valence-electron chi connectivity index (χ4n) is 4.90. The molecule has 0 bridgehead atoms. The third-order valence-corrected chi connectivity index (χ3v) is 7.58. The van der Waals surface area contributed by atoms with E-state index in [4.69, 9.17) is 16.6 Å². The van der Waals surface area contributed by atoms with Crippen LogP contribution in [0.4, 0.5) is 4.39 Å². The lowest BCUT2D eigenvalue weighted by molar-refractivity contribution is 0.0929. The van der Waals surface area contributed by atoms with E-state index in [0.29, 0.717) is 17.4 Å². The van der Waals surface area contributed by atoms with Gasteiger partial charge in [0.2, 0.25) is 0 Å². The topological polar surface area (TPSA) is 42.0 Å². The summed E-state index contributed by atoms with van der Waals surface area (Å²) in [6, 6.07) is 17.8. The molecule has 35 heavy (non-hydrogen) atoms.